The van der Waals surface area contributed by atoms with E-state index in [1.165, 1.54) is 0 Å². The summed E-state index contributed by atoms with van der Waals surface area (Å²) in [5, 5.41) is 9.34. The van der Waals surface area contributed by atoms with E-state index in [1.807, 2.05) is 29.2 Å². The maximum absolute atomic E-state index is 12.8. The molecule has 1 amide bonds. The monoisotopic (exact) mass is 369 g/mol. The molecule has 4 N–H and O–H groups in total. The molecule has 1 fully saturated rings. The molecule has 7 heteroatoms. The molecule has 27 heavy (non-hydrogen) atoms. The number of aromatic nitrogens is 2. The molecule has 2 aromatic rings. The summed E-state index contributed by atoms with van der Waals surface area (Å²) in [4.78, 5) is 22.9. The van der Waals surface area contributed by atoms with E-state index in [4.69, 9.17) is 4.98 Å². The number of hydrogen-bond donors (Lipinski definition) is 4. The van der Waals surface area contributed by atoms with Crippen LogP contribution in [-0.2, 0) is 24.4 Å². The smallest absolute Gasteiger partial charge is 0.223 e. The first-order valence-electron chi connectivity index (χ1n) is 9.62. The summed E-state index contributed by atoms with van der Waals surface area (Å²) in [6, 6.07) is 8.32. The fraction of sp³-hybridized carbons (Fsp3) is 0.500. The van der Waals surface area contributed by atoms with Crippen LogP contribution in [0.5, 0.6) is 0 Å². The standard InChI is InChI=1S/C20H27N5O2/c1-12-16(13(2)24-23-12)9-19(27)25-7-6-17-18(10-25)22-20(21-17)15-5-3-4-14(8-15)11-26/h3-5,8,12-13,16,23-24,26H,6-7,9-11H2,1-2H3,(H,21,22). The number of carbonyl (C=O) groups excluding carboxylic acids is 1. The van der Waals surface area contributed by atoms with Gasteiger partial charge in [0, 0.05) is 43.0 Å². The van der Waals surface area contributed by atoms with Crippen molar-refractivity contribution in [2.75, 3.05) is 6.54 Å². The Balaban J connectivity index is 1.47. The second kappa shape index (κ2) is 7.42. The maximum Gasteiger partial charge on any atom is 0.223 e. The van der Waals surface area contributed by atoms with Gasteiger partial charge in [0.05, 0.1) is 24.5 Å². The van der Waals surface area contributed by atoms with E-state index < -0.39 is 0 Å². The number of fused-ring (bicyclic) bond motifs is 1. The van der Waals surface area contributed by atoms with Gasteiger partial charge in [-0.2, -0.15) is 0 Å². The number of nitrogens with zero attached hydrogens (tertiary/aromatic N) is 2. The predicted molar refractivity (Wildman–Crippen MR) is 102 cm³/mol. The van der Waals surface area contributed by atoms with E-state index in [-0.39, 0.29) is 12.5 Å². The summed E-state index contributed by atoms with van der Waals surface area (Å²) in [5.74, 6) is 1.31. The van der Waals surface area contributed by atoms with Gasteiger partial charge in [-0.15, -0.1) is 0 Å². The Morgan fingerprint density at radius 3 is 2.81 bits per heavy atom. The maximum atomic E-state index is 12.8. The molecule has 1 aromatic heterocycles. The molecule has 0 saturated carbocycles. The first kappa shape index (κ1) is 18.2. The molecule has 2 aliphatic heterocycles. The van der Waals surface area contributed by atoms with Crippen LogP contribution in [0.2, 0.25) is 0 Å². The number of aliphatic hydroxyl groups is 1. The average molecular weight is 369 g/mol. The highest BCUT2D eigenvalue weighted by Crippen LogP contribution is 2.25. The molecule has 3 heterocycles. The summed E-state index contributed by atoms with van der Waals surface area (Å²) < 4.78 is 0. The Kier molecular flexibility index (Phi) is 4.99. The molecule has 4 rings (SSSR count). The third-order valence-corrected chi connectivity index (χ3v) is 5.80. The Hall–Kier alpha value is -2.22. The van der Waals surface area contributed by atoms with Crippen LogP contribution in [0.1, 0.15) is 37.2 Å². The number of imidazole rings is 1. The minimum atomic E-state index is 0.0122. The fourth-order valence-corrected chi connectivity index (χ4v) is 4.05. The SMILES string of the molecule is CC1NNC(C)C1CC(=O)N1CCc2nc(-c3cccc(CO)c3)[nH]c2C1. The molecule has 1 aromatic carbocycles. The normalized spacial score (nSPS) is 24.9. The highest BCUT2D eigenvalue weighted by molar-refractivity contribution is 5.77. The van der Waals surface area contributed by atoms with Gasteiger partial charge in [0.2, 0.25) is 5.91 Å². The van der Waals surface area contributed by atoms with Gasteiger partial charge in [-0.05, 0) is 25.5 Å². The molecule has 0 radical (unpaired) electrons. The zero-order valence-corrected chi connectivity index (χ0v) is 15.8. The first-order valence-corrected chi connectivity index (χ1v) is 9.62. The summed E-state index contributed by atoms with van der Waals surface area (Å²) in [7, 11) is 0. The number of carbonyl (C=O) groups is 1. The number of aliphatic hydroxyl groups excluding tert-OH is 1. The van der Waals surface area contributed by atoms with E-state index in [9.17, 15) is 9.90 Å². The van der Waals surface area contributed by atoms with Gasteiger partial charge in [-0.3, -0.25) is 15.6 Å². The van der Waals surface area contributed by atoms with Crippen LogP contribution in [0.3, 0.4) is 0 Å². The molecule has 0 spiro atoms. The van der Waals surface area contributed by atoms with E-state index in [0.717, 1.165) is 34.8 Å². The van der Waals surface area contributed by atoms with Gasteiger partial charge in [0.1, 0.15) is 5.82 Å². The molecule has 0 aliphatic carbocycles. The highest BCUT2D eigenvalue weighted by Gasteiger charge is 2.33. The summed E-state index contributed by atoms with van der Waals surface area (Å²) in [6.45, 7) is 5.54. The lowest BCUT2D eigenvalue weighted by Gasteiger charge is -2.28. The number of amides is 1. The van der Waals surface area contributed by atoms with Crippen LogP contribution >= 0.6 is 0 Å². The highest BCUT2D eigenvalue weighted by atomic mass is 16.3. The topological polar surface area (TPSA) is 93.3 Å². The fourth-order valence-electron chi connectivity index (χ4n) is 4.05. The van der Waals surface area contributed by atoms with E-state index in [0.29, 0.717) is 37.5 Å². The molecule has 144 valence electrons. The van der Waals surface area contributed by atoms with Crippen LogP contribution in [0, 0.1) is 5.92 Å². The van der Waals surface area contributed by atoms with E-state index >= 15 is 0 Å². The molecule has 7 nitrogen and oxygen atoms in total. The summed E-state index contributed by atoms with van der Waals surface area (Å²) in [5.41, 5.74) is 10.3. The number of hydrazine groups is 1. The lowest BCUT2D eigenvalue weighted by molar-refractivity contribution is -0.133. The van der Waals surface area contributed by atoms with Gasteiger partial charge in [-0.25, -0.2) is 4.98 Å². The molecular formula is C20H27N5O2. The third kappa shape index (κ3) is 3.63. The second-order valence-electron chi connectivity index (χ2n) is 7.67. The number of benzene rings is 1. The molecule has 0 bridgehead atoms. The first-order chi connectivity index (χ1) is 13.0. The lowest BCUT2D eigenvalue weighted by Crippen LogP contribution is -2.39. The van der Waals surface area contributed by atoms with Gasteiger partial charge in [-0.1, -0.05) is 18.2 Å². The largest absolute Gasteiger partial charge is 0.392 e. The number of H-pyrrole nitrogens is 1. The van der Waals surface area contributed by atoms with E-state index in [1.54, 1.807) is 0 Å². The molecule has 2 atom stereocenters. The third-order valence-electron chi connectivity index (χ3n) is 5.80. The Labute approximate surface area is 159 Å². The van der Waals surface area contributed by atoms with Crippen LogP contribution in [-0.4, -0.2) is 44.5 Å². The molecular weight excluding hydrogens is 342 g/mol. The number of hydrogen-bond acceptors (Lipinski definition) is 5. The van der Waals surface area contributed by atoms with Crippen molar-refractivity contribution in [2.45, 2.75) is 51.9 Å². The van der Waals surface area contributed by atoms with Crippen LogP contribution in [0.25, 0.3) is 11.4 Å². The van der Waals surface area contributed by atoms with Crippen molar-refractivity contribution in [3.8, 4) is 11.4 Å². The molecule has 2 aliphatic rings. The van der Waals surface area contributed by atoms with Gasteiger partial charge < -0.3 is 15.0 Å². The Bertz CT molecular complexity index is 824. The average Bonchev–Trinajstić information content (AvgIpc) is 3.25. The summed E-state index contributed by atoms with van der Waals surface area (Å²) >= 11 is 0. The van der Waals surface area contributed by atoms with Crippen LogP contribution < -0.4 is 10.9 Å². The quantitative estimate of drug-likeness (QED) is 0.653. The van der Waals surface area contributed by atoms with Crippen molar-refractivity contribution in [1.82, 2.24) is 25.7 Å². The predicted octanol–water partition coefficient (Wildman–Crippen LogP) is 1.34. The second-order valence-corrected chi connectivity index (χ2v) is 7.67. The van der Waals surface area contributed by atoms with Crippen molar-refractivity contribution in [3.05, 3.63) is 41.2 Å². The number of aromatic amines is 1. The zero-order valence-electron chi connectivity index (χ0n) is 15.8. The van der Waals surface area contributed by atoms with Crippen molar-refractivity contribution in [1.29, 1.82) is 0 Å². The Morgan fingerprint density at radius 1 is 1.30 bits per heavy atom. The van der Waals surface area contributed by atoms with Crippen LogP contribution in [0.4, 0.5) is 0 Å². The van der Waals surface area contributed by atoms with Crippen molar-refractivity contribution >= 4 is 5.91 Å². The molecule has 1 saturated heterocycles. The minimum Gasteiger partial charge on any atom is -0.392 e. The van der Waals surface area contributed by atoms with Gasteiger partial charge in [0.15, 0.2) is 0 Å². The summed E-state index contributed by atoms with van der Waals surface area (Å²) in [6.07, 6.45) is 1.32. The zero-order chi connectivity index (χ0) is 19.0. The van der Waals surface area contributed by atoms with Crippen molar-refractivity contribution < 1.29 is 9.90 Å². The van der Waals surface area contributed by atoms with E-state index in [2.05, 4.69) is 29.7 Å². The number of rotatable bonds is 4. The van der Waals surface area contributed by atoms with Gasteiger partial charge >= 0.3 is 0 Å². The van der Waals surface area contributed by atoms with Crippen molar-refractivity contribution in [3.63, 3.8) is 0 Å². The Morgan fingerprint density at radius 2 is 2.07 bits per heavy atom. The van der Waals surface area contributed by atoms with Crippen LogP contribution in [0.15, 0.2) is 24.3 Å². The lowest BCUT2D eigenvalue weighted by atomic mass is 9.92. The van der Waals surface area contributed by atoms with Gasteiger partial charge in [0.25, 0.3) is 0 Å². The minimum absolute atomic E-state index is 0.0122. The molecule has 2 unspecified atom stereocenters. The van der Waals surface area contributed by atoms with Crippen molar-refractivity contribution in [2.24, 2.45) is 5.92 Å². The number of nitrogens with one attached hydrogen (secondary N) is 3.